The molecule has 1 rings (SSSR count). The molecule has 0 radical (unpaired) electrons. The van der Waals surface area contributed by atoms with Crippen LogP contribution < -0.4 is 5.32 Å². The SMILES string of the molecule is CCCCCCCCCCCCCCCCCC(=O)NCCCc1ccccc1C(C)(C)Cl. The van der Waals surface area contributed by atoms with Crippen molar-refractivity contribution in [2.24, 2.45) is 0 Å². The average Bonchev–Trinajstić information content (AvgIpc) is 2.79. The number of carbonyl (C=O) groups is 1. The van der Waals surface area contributed by atoms with Crippen molar-refractivity contribution in [1.82, 2.24) is 5.32 Å². The maximum Gasteiger partial charge on any atom is 0.219 e. The number of alkyl halides is 1. The molecule has 0 aliphatic carbocycles. The first-order valence-electron chi connectivity index (χ1n) is 14.0. The van der Waals surface area contributed by atoms with Crippen LogP contribution in [0.1, 0.15) is 141 Å². The van der Waals surface area contributed by atoms with Crippen molar-refractivity contribution in [2.75, 3.05) is 6.54 Å². The average molecular weight is 478 g/mol. The van der Waals surface area contributed by atoms with Gasteiger partial charge in [-0.2, -0.15) is 0 Å². The molecule has 0 aliphatic heterocycles. The molecule has 190 valence electrons. The minimum Gasteiger partial charge on any atom is -0.356 e. The minimum absolute atomic E-state index is 0.204. The van der Waals surface area contributed by atoms with Gasteiger partial charge in [0.2, 0.25) is 5.91 Å². The lowest BCUT2D eigenvalue weighted by Gasteiger charge is -2.20. The summed E-state index contributed by atoms with van der Waals surface area (Å²) in [4.78, 5) is 11.7. The zero-order valence-corrected chi connectivity index (χ0v) is 22.8. The van der Waals surface area contributed by atoms with Crippen LogP contribution in [-0.4, -0.2) is 12.5 Å². The number of unbranched alkanes of at least 4 members (excludes halogenated alkanes) is 14. The Morgan fingerprint density at radius 2 is 1.24 bits per heavy atom. The van der Waals surface area contributed by atoms with Gasteiger partial charge in [-0.1, -0.05) is 121 Å². The Morgan fingerprint density at radius 3 is 1.76 bits per heavy atom. The number of nitrogens with one attached hydrogen (secondary N) is 1. The van der Waals surface area contributed by atoms with Crippen LogP contribution >= 0.6 is 11.6 Å². The van der Waals surface area contributed by atoms with E-state index in [0.717, 1.165) is 25.8 Å². The molecule has 0 saturated carbocycles. The summed E-state index contributed by atoms with van der Waals surface area (Å²) in [7, 11) is 0. The van der Waals surface area contributed by atoms with E-state index in [1.165, 1.54) is 101 Å². The highest BCUT2D eigenvalue weighted by Crippen LogP contribution is 2.30. The largest absolute Gasteiger partial charge is 0.356 e. The Kier molecular flexibility index (Phi) is 17.6. The van der Waals surface area contributed by atoms with E-state index >= 15 is 0 Å². The molecular weight excluding hydrogens is 426 g/mol. The lowest BCUT2D eigenvalue weighted by atomic mass is 9.94. The van der Waals surface area contributed by atoms with Gasteiger partial charge in [-0.05, 0) is 44.2 Å². The molecule has 0 saturated heterocycles. The molecule has 3 heteroatoms. The van der Waals surface area contributed by atoms with Crippen molar-refractivity contribution < 1.29 is 4.79 Å². The van der Waals surface area contributed by atoms with E-state index in [4.69, 9.17) is 11.6 Å². The number of benzene rings is 1. The highest BCUT2D eigenvalue weighted by Gasteiger charge is 2.19. The molecule has 0 spiro atoms. The van der Waals surface area contributed by atoms with Gasteiger partial charge in [0.05, 0.1) is 4.87 Å². The monoisotopic (exact) mass is 477 g/mol. The Labute approximate surface area is 210 Å². The van der Waals surface area contributed by atoms with Gasteiger partial charge in [0.25, 0.3) is 0 Å². The van der Waals surface area contributed by atoms with Crippen LogP contribution in [0.3, 0.4) is 0 Å². The van der Waals surface area contributed by atoms with E-state index in [0.29, 0.717) is 6.42 Å². The summed E-state index contributed by atoms with van der Waals surface area (Å²) in [6.45, 7) is 7.10. The third-order valence-corrected chi connectivity index (χ3v) is 6.81. The topological polar surface area (TPSA) is 29.1 Å². The second-order valence-corrected chi connectivity index (χ2v) is 11.2. The zero-order valence-electron chi connectivity index (χ0n) is 22.0. The van der Waals surface area contributed by atoms with E-state index in [-0.39, 0.29) is 10.8 Å². The first kappa shape index (κ1) is 30.0. The van der Waals surface area contributed by atoms with E-state index in [9.17, 15) is 4.79 Å². The molecular formula is C30H52ClNO. The van der Waals surface area contributed by atoms with Crippen LogP contribution in [0.2, 0.25) is 0 Å². The second-order valence-electron chi connectivity index (χ2n) is 10.3. The molecule has 0 bridgehead atoms. The van der Waals surface area contributed by atoms with E-state index in [2.05, 4.69) is 30.4 Å². The number of amides is 1. The van der Waals surface area contributed by atoms with Crippen molar-refractivity contribution in [3.63, 3.8) is 0 Å². The smallest absolute Gasteiger partial charge is 0.219 e. The third kappa shape index (κ3) is 16.3. The molecule has 1 amide bonds. The van der Waals surface area contributed by atoms with E-state index < -0.39 is 0 Å². The molecule has 0 unspecified atom stereocenters. The number of halogens is 1. The number of hydrogen-bond acceptors (Lipinski definition) is 1. The quantitative estimate of drug-likeness (QED) is 0.138. The fourth-order valence-electron chi connectivity index (χ4n) is 4.57. The van der Waals surface area contributed by atoms with Gasteiger partial charge in [-0.15, -0.1) is 11.6 Å². The van der Waals surface area contributed by atoms with Crippen LogP contribution in [0.4, 0.5) is 0 Å². The molecule has 2 nitrogen and oxygen atoms in total. The summed E-state index contributed by atoms with van der Waals surface area (Å²) in [6.07, 6.45) is 22.9. The standard InChI is InChI=1S/C30H52ClNO/c1-4-5-6-7-8-9-10-11-12-13-14-15-16-17-18-25-29(33)32-26-21-23-27-22-19-20-24-28(27)30(2,3)31/h19-20,22,24H,4-18,21,23,25-26H2,1-3H3,(H,32,33). The number of rotatable bonds is 21. The Hall–Kier alpha value is -1.02. The van der Waals surface area contributed by atoms with E-state index in [1.807, 2.05) is 19.9 Å². The first-order chi connectivity index (χ1) is 15.9. The van der Waals surface area contributed by atoms with Crippen molar-refractivity contribution in [1.29, 1.82) is 0 Å². The van der Waals surface area contributed by atoms with Crippen LogP contribution in [0.25, 0.3) is 0 Å². The number of carbonyl (C=O) groups excluding carboxylic acids is 1. The van der Waals surface area contributed by atoms with Crippen LogP contribution in [-0.2, 0) is 16.1 Å². The van der Waals surface area contributed by atoms with Gasteiger partial charge in [0.15, 0.2) is 0 Å². The van der Waals surface area contributed by atoms with Crippen LogP contribution in [0.15, 0.2) is 24.3 Å². The normalized spacial score (nSPS) is 11.6. The van der Waals surface area contributed by atoms with Gasteiger partial charge < -0.3 is 5.32 Å². The third-order valence-electron chi connectivity index (χ3n) is 6.61. The summed E-state index contributed by atoms with van der Waals surface area (Å²) in [5.41, 5.74) is 2.48. The van der Waals surface area contributed by atoms with Crippen LogP contribution in [0.5, 0.6) is 0 Å². The Morgan fingerprint density at radius 1 is 0.758 bits per heavy atom. The predicted octanol–water partition coefficient (Wildman–Crippen LogP) is 9.47. The summed E-state index contributed by atoms with van der Waals surface area (Å²) in [6, 6.07) is 8.37. The summed E-state index contributed by atoms with van der Waals surface area (Å²) >= 11 is 6.51. The fourth-order valence-corrected chi connectivity index (χ4v) is 4.75. The maximum absolute atomic E-state index is 12.1. The number of aryl methyl sites for hydroxylation is 1. The van der Waals surface area contributed by atoms with Crippen molar-refractivity contribution in [3.05, 3.63) is 35.4 Å². The molecule has 1 aromatic rings. The minimum atomic E-state index is -0.354. The molecule has 0 aliphatic rings. The van der Waals surface area contributed by atoms with Gasteiger partial charge in [-0.3, -0.25) is 4.79 Å². The number of hydrogen-bond donors (Lipinski definition) is 1. The van der Waals surface area contributed by atoms with Gasteiger partial charge in [-0.25, -0.2) is 0 Å². The molecule has 33 heavy (non-hydrogen) atoms. The summed E-state index contributed by atoms with van der Waals surface area (Å²) < 4.78 is 0. The highest BCUT2D eigenvalue weighted by atomic mass is 35.5. The van der Waals surface area contributed by atoms with E-state index in [1.54, 1.807) is 0 Å². The first-order valence-corrected chi connectivity index (χ1v) is 14.4. The predicted molar refractivity (Wildman–Crippen MR) is 146 cm³/mol. The molecule has 0 heterocycles. The molecule has 1 aromatic carbocycles. The molecule has 1 N–H and O–H groups in total. The highest BCUT2D eigenvalue weighted by molar-refractivity contribution is 6.23. The second kappa shape index (κ2) is 19.3. The van der Waals surface area contributed by atoms with Crippen molar-refractivity contribution >= 4 is 17.5 Å². The van der Waals surface area contributed by atoms with Crippen molar-refractivity contribution in [3.8, 4) is 0 Å². The lowest BCUT2D eigenvalue weighted by molar-refractivity contribution is -0.121. The summed E-state index contributed by atoms with van der Waals surface area (Å²) in [5, 5.41) is 3.09. The zero-order chi connectivity index (χ0) is 24.2. The van der Waals surface area contributed by atoms with Gasteiger partial charge >= 0.3 is 0 Å². The molecule has 0 atom stereocenters. The van der Waals surface area contributed by atoms with Gasteiger partial charge in [0, 0.05) is 13.0 Å². The fraction of sp³-hybridized carbons (Fsp3) is 0.767. The summed E-state index contributed by atoms with van der Waals surface area (Å²) in [5.74, 6) is 0.204. The van der Waals surface area contributed by atoms with Crippen LogP contribution in [0, 0.1) is 0 Å². The molecule has 0 fully saturated rings. The maximum atomic E-state index is 12.1. The Bertz CT molecular complexity index is 608. The lowest BCUT2D eigenvalue weighted by Crippen LogP contribution is -2.24. The Balaban J connectivity index is 1.90. The van der Waals surface area contributed by atoms with Gasteiger partial charge in [0.1, 0.15) is 0 Å². The van der Waals surface area contributed by atoms with Crippen molar-refractivity contribution in [2.45, 2.75) is 141 Å². The molecule has 0 aromatic heterocycles.